The van der Waals surface area contributed by atoms with Crippen molar-refractivity contribution in [3.8, 4) is 73.2 Å². The summed E-state index contributed by atoms with van der Waals surface area (Å²) in [6.07, 6.45) is 0. The van der Waals surface area contributed by atoms with Gasteiger partial charge in [-0.05, 0) is 57.6 Å². The number of rotatable bonds is 7. The molecule has 8 aromatic carbocycles. The Morgan fingerprint density at radius 3 is 1.22 bits per heavy atom. The Labute approximate surface area is 319 Å². The van der Waals surface area contributed by atoms with Gasteiger partial charge < -0.3 is 4.57 Å². The van der Waals surface area contributed by atoms with Crippen molar-refractivity contribution in [2.24, 2.45) is 0 Å². The van der Waals surface area contributed by atoms with Gasteiger partial charge in [0.2, 0.25) is 0 Å². The molecule has 0 saturated heterocycles. The third-order valence-electron chi connectivity index (χ3n) is 10.3. The molecule has 2 aromatic heterocycles. The van der Waals surface area contributed by atoms with Gasteiger partial charge in [-0.3, -0.25) is 0 Å². The lowest BCUT2D eigenvalue weighted by atomic mass is 10.0. The number of para-hydroxylation sites is 1. The first-order valence-electron chi connectivity index (χ1n) is 18.5. The van der Waals surface area contributed by atoms with Gasteiger partial charge in [0.1, 0.15) is 0 Å². The molecule has 0 spiro atoms. The Kier molecular flexibility index (Phi) is 8.12. The monoisotopic (exact) mass is 702 g/mol. The van der Waals surface area contributed by atoms with Gasteiger partial charge in [0.15, 0.2) is 17.5 Å². The maximum Gasteiger partial charge on any atom is 0.164 e. The summed E-state index contributed by atoms with van der Waals surface area (Å²) in [4.78, 5) is 15.3. The minimum Gasteiger partial charge on any atom is -0.309 e. The van der Waals surface area contributed by atoms with Gasteiger partial charge in [-0.15, -0.1) is 0 Å². The van der Waals surface area contributed by atoms with Crippen molar-refractivity contribution in [1.82, 2.24) is 19.5 Å². The van der Waals surface area contributed by atoms with Crippen LogP contribution in [0.15, 0.2) is 206 Å². The number of hydrogen-bond donors (Lipinski definition) is 0. The molecule has 258 valence electrons. The lowest BCUT2D eigenvalue weighted by molar-refractivity contribution is 1.07. The van der Waals surface area contributed by atoms with Crippen LogP contribution >= 0.6 is 0 Å². The van der Waals surface area contributed by atoms with Crippen molar-refractivity contribution in [1.29, 1.82) is 0 Å². The van der Waals surface area contributed by atoms with Crippen LogP contribution in [0.4, 0.5) is 0 Å². The quantitative estimate of drug-likeness (QED) is 0.166. The van der Waals surface area contributed by atoms with Crippen LogP contribution in [0.5, 0.6) is 0 Å². The summed E-state index contributed by atoms with van der Waals surface area (Å²) in [6.45, 7) is 0. The molecule has 0 aliphatic rings. The average Bonchev–Trinajstić information content (AvgIpc) is 3.61. The van der Waals surface area contributed by atoms with Crippen molar-refractivity contribution in [2.75, 3.05) is 0 Å². The second-order valence-corrected chi connectivity index (χ2v) is 13.7. The molecule has 10 rings (SSSR count). The first-order valence-corrected chi connectivity index (χ1v) is 18.5. The molecule has 4 nitrogen and oxygen atoms in total. The van der Waals surface area contributed by atoms with Gasteiger partial charge in [0.25, 0.3) is 0 Å². The number of nitrogens with zero attached hydrogens (tertiary/aromatic N) is 4. The molecule has 0 fully saturated rings. The van der Waals surface area contributed by atoms with Crippen molar-refractivity contribution >= 4 is 21.8 Å². The third-order valence-corrected chi connectivity index (χ3v) is 10.3. The molecule has 4 heteroatoms. The van der Waals surface area contributed by atoms with Gasteiger partial charge >= 0.3 is 0 Å². The molecule has 0 saturated carbocycles. The Morgan fingerprint density at radius 1 is 0.255 bits per heavy atom. The van der Waals surface area contributed by atoms with Crippen LogP contribution in [0.1, 0.15) is 0 Å². The van der Waals surface area contributed by atoms with Crippen LogP contribution in [-0.2, 0) is 0 Å². The van der Waals surface area contributed by atoms with E-state index in [1.165, 1.54) is 33.0 Å². The smallest absolute Gasteiger partial charge is 0.164 e. The first-order chi connectivity index (χ1) is 27.2. The van der Waals surface area contributed by atoms with Crippen molar-refractivity contribution < 1.29 is 0 Å². The standard InChI is InChI=1S/C51H34N4/c1-4-13-35(14-5-1)38-23-27-40(28-24-38)49-52-50(41-29-25-39(26-30-41)36-15-6-2-7-16-36)54-51(53-49)43-19-12-20-44(33-43)55-47-22-11-10-21-45(47)46-32-31-42(34-48(46)55)37-17-8-3-9-18-37/h1-34H. The second kappa shape index (κ2) is 13.8. The normalized spacial score (nSPS) is 11.3. The predicted octanol–water partition coefficient (Wildman–Crippen LogP) is 13.0. The Morgan fingerprint density at radius 2 is 0.655 bits per heavy atom. The van der Waals surface area contributed by atoms with Crippen LogP contribution < -0.4 is 0 Å². The van der Waals surface area contributed by atoms with Gasteiger partial charge in [-0.1, -0.05) is 182 Å². The van der Waals surface area contributed by atoms with E-state index in [-0.39, 0.29) is 0 Å². The molecule has 55 heavy (non-hydrogen) atoms. The number of hydrogen-bond acceptors (Lipinski definition) is 3. The average molecular weight is 703 g/mol. The summed E-state index contributed by atoms with van der Waals surface area (Å²) in [5, 5.41) is 2.42. The molecular formula is C51H34N4. The summed E-state index contributed by atoms with van der Waals surface area (Å²) >= 11 is 0. The summed E-state index contributed by atoms with van der Waals surface area (Å²) in [5.74, 6) is 1.87. The van der Waals surface area contributed by atoms with Crippen molar-refractivity contribution in [2.45, 2.75) is 0 Å². The zero-order valence-electron chi connectivity index (χ0n) is 29.9. The van der Waals surface area contributed by atoms with Gasteiger partial charge in [0.05, 0.1) is 11.0 Å². The summed E-state index contributed by atoms with van der Waals surface area (Å²) < 4.78 is 2.36. The summed E-state index contributed by atoms with van der Waals surface area (Å²) in [6, 6.07) is 72.3. The van der Waals surface area contributed by atoms with Gasteiger partial charge in [-0.2, -0.15) is 0 Å². The summed E-state index contributed by atoms with van der Waals surface area (Å²) in [5.41, 5.74) is 13.1. The van der Waals surface area contributed by atoms with E-state index >= 15 is 0 Å². The molecule has 0 bridgehead atoms. The van der Waals surface area contributed by atoms with Crippen molar-refractivity contribution in [3.05, 3.63) is 206 Å². The zero-order valence-corrected chi connectivity index (χ0v) is 29.9. The summed E-state index contributed by atoms with van der Waals surface area (Å²) in [7, 11) is 0. The lowest BCUT2D eigenvalue weighted by Crippen LogP contribution is -2.01. The number of aromatic nitrogens is 4. The highest BCUT2D eigenvalue weighted by molar-refractivity contribution is 6.10. The fourth-order valence-electron chi connectivity index (χ4n) is 7.49. The minimum absolute atomic E-state index is 0.617. The maximum atomic E-state index is 5.14. The highest BCUT2D eigenvalue weighted by Gasteiger charge is 2.17. The molecule has 0 unspecified atom stereocenters. The molecule has 0 N–H and O–H groups in total. The zero-order chi connectivity index (χ0) is 36.6. The lowest BCUT2D eigenvalue weighted by Gasteiger charge is -2.12. The highest BCUT2D eigenvalue weighted by Crippen LogP contribution is 2.36. The van der Waals surface area contributed by atoms with E-state index in [1.54, 1.807) is 0 Å². The topological polar surface area (TPSA) is 43.6 Å². The second-order valence-electron chi connectivity index (χ2n) is 13.7. The Balaban J connectivity index is 1.11. The molecule has 2 heterocycles. The van der Waals surface area contributed by atoms with E-state index in [0.717, 1.165) is 44.5 Å². The van der Waals surface area contributed by atoms with Crippen molar-refractivity contribution in [3.63, 3.8) is 0 Å². The molecule has 0 amide bonds. The Hall–Kier alpha value is -7.43. The minimum atomic E-state index is 0.617. The molecule has 0 radical (unpaired) electrons. The van der Waals surface area contributed by atoms with E-state index in [0.29, 0.717) is 17.5 Å². The van der Waals surface area contributed by atoms with Crippen LogP contribution in [0.3, 0.4) is 0 Å². The third kappa shape index (κ3) is 6.16. The van der Waals surface area contributed by atoms with Crippen LogP contribution in [-0.4, -0.2) is 19.5 Å². The molecule has 10 aromatic rings. The number of benzene rings is 8. The molecular weight excluding hydrogens is 669 g/mol. The van der Waals surface area contributed by atoms with Gasteiger partial charge in [0, 0.05) is 33.2 Å². The predicted molar refractivity (Wildman–Crippen MR) is 227 cm³/mol. The van der Waals surface area contributed by atoms with E-state index < -0.39 is 0 Å². The molecule has 0 atom stereocenters. The van der Waals surface area contributed by atoms with Crippen LogP contribution in [0.25, 0.3) is 95.0 Å². The van der Waals surface area contributed by atoms with E-state index in [4.69, 9.17) is 15.0 Å². The molecule has 0 aliphatic heterocycles. The number of fused-ring (bicyclic) bond motifs is 3. The fraction of sp³-hybridized carbons (Fsp3) is 0. The largest absolute Gasteiger partial charge is 0.309 e. The first kappa shape index (κ1) is 32.2. The highest BCUT2D eigenvalue weighted by atomic mass is 15.0. The van der Waals surface area contributed by atoms with Crippen LogP contribution in [0.2, 0.25) is 0 Å². The van der Waals surface area contributed by atoms with Crippen LogP contribution in [0, 0.1) is 0 Å². The SMILES string of the molecule is c1ccc(-c2ccc(-c3nc(-c4ccc(-c5ccccc5)cc4)nc(-c4cccc(-n5c6ccccc6c6ccc(-c7ccccc7)cc65)c4)n3)cc2)cc1. The van der Waals surface area contributed by atoms with Gasteiger partial charge in [-0.25, -0.2) is 15.0 Å². The van der Waals surface area contributed by atoms with E-state index in [9.17, 15) is 0 Å². The van der Waals surface area contributed by atoms with E-state index in [1.807, 2.05) is 12.1 Å². The molecule has 0 aliphatic carbocycles. The fourth-order valence-corrected chi connectivity index (χ4v) is 7.49. The Bertz CT molecular complexity index is 2830. The maximum absolute atomic E-state index is 5.14. The van der Waals surface area contributed by atoms with E-state index in [2.05, 4.69) is 199 Å².